The van der Waals surface area contributed by atoms with Crippen molar-refractivity contribution in [3.05, 3.63) is 10.2 Å². The van der Waals surface area contributed by atoms with Crippen molar-refractivity contribution in [3.63, 3.8) is 0 Å². The molecule has 0 aromatic carbocycles. The average molecular weight is 338 g/mol. The van der Waals surface area contributed by atoms with E-state index < -0.39 is 28.6 Å². The highest BCUT2D eigenvalue weighted by Gasteiger charge is 2.47. The molecule has 0 fully saturated rings. The number of fused-ring (bicyclic) bond motifs is 1. The lowest BCUT2D eigenvalue weighted by atomic mass is 10.1. The van der Waals surface area contributed by atoms with Gasteiger partial charge in [-0.3, -0.25) is 0 Å². The lowest BCUT2D eigenvalue weighted by molar-refractivity contribution is -0.173. The molecule has 102 valence electrons. The van der Waals surface area contributed by atoms with Crippen LogP contribution in [0.25, 0.3) is 0 Å². The Kier molecular flexibility index (Phi) is 3.03. The summed E-state index contributed by atoms with van der Waals surface area (Å²) in [6.07, 6.45) is -9.80. The number of aromatic nitrogens is 2. The van der Waals surface area contributed by atoms with Crippen molar-refractivity contribution in [2.75, 3.05) is 11.9 Å². The van der Waals surface area contributed by atoms with Crippen LogP contribution in [-0.4, -0.2) is 22.5 Å². The van der Waals surface area contributed by atoms with Gasteiger partial charge in [-0.1, -0.05) is 0 Å². The van der Waals surface area contributed by atoms with Gasteiger partial charge in [0.05, 0.1) is 4.47 Å². The van der Waals surface area contributed by atoms with Gasteiger partial charge >= 0.3 is 12.4 Å². The molecule has 1 aliphatic rings. The van der Waals surface area contributed by atoms with E-state index in [0.717, 1.165) is 0 Å². The molecule has 2 heterocycles. The van der Waals surface area contributed by atoms with E-state index in [1.807, 2.05) is 0 Å². The molecule has 1 atom stereocenters. The van der Waals surface area contributed by atoms with Crippen LogP contribution in [0.5, 0.6) is 0 Å². The fourth-order valence-electron chi connectivity index (χ4n) is 1.73. The Morgan fingerprint density at radius 3 is 2.33 bits per heavy atom. The van der Waals surface area contributed by atoms with E-state index in [2.05, 4.69) is 26.3 Å². The van der Waals surface area contributed by atoms with Gasteiger partial charge in [0, 0.05) is 6.54 Å². The zero-order chi connectivity index (χ0) is 13.7. The molecule has 1 unspecified atom stereocenters. The Bertz CT molecular complexity index is 463. The molecule has 0 saturated carbocycles. The molecule has 0 aliphatic carbocycles. The Morgan fingerprint density at radius 1 is 1.22 bits per heavy atom. The van der Waals surface area contributed by atoms with Gasteiger partial charge in [0.15, 0.2) is 11.7 Å². The van der Waals surface area contributed by atoms with Gasteiger partial charge in [0.1, 0.15) is 5.82 Å². The van der Waals surface area contributed by atoms with E-state index in [4.69, 9.17) is 0 Å². The lowest BCUT2D eigenvalue weighted by Gasteiger charge is -2.27. The van der Waals surface area contributed by atoms with E-state index in [9.17, 15) is 26.3 Å². The highest BCUT2D eigenvalue weighted by molar-refractivity contribution is 9.10. The summed E-state index contributed by atoms with van der Waals surface area (Å²) < 4.78 is 75.5. The topological polar surface area (TPSA) is 29.9 Å². The van der Waals surface area contributed by atoms with Gasteiger partial charge in [0.2, 0.25) is 0 Å². The Morgan fingerprint density at radius 2 is 1.83 bits per heavy atom. The molecule has 3 nitrogen and oxygen atoms in total. The minimum absolute atomic E-state index is 0.0637. The zero-order valence-corrected chi connectivity index (χ0v) is 10.1. The number of nitrogens with zero attached hydrogens (tertiary/aromatic N) is 2. The quantitative estimate of drug-likeness (QED) is 0.733. The first-order valence-electron chi connectivity index (χ1n) is 4.78. The SMILES string of the molecule is FC(F)(F)c1nn2c(c1Br)NCCC2C(F)(F)F. The molecule has 10 heteroatoms. The van der Waals surface area contributed by atoms with Gasteiger partial charge in [-0.15, -0.1) is 0 Å². The first kappa shape index (κ1) is 13.5. The number of hydrogen-bond donors (Lipinski definition) is 1. The van der Waals surface area contributed by atoms with Crippen LogP contribution in [0, 0.1) is 0 Å². The predicted molar refractivity (Wildman–Crippen MR) is 53.1 cm³/mol. The van der Waals surface area contributed by atoms with Gasteiger partial charge in [-0.2, -0.15) is 31.4 Å². The van der Waals surface area contributed by atoms with Crippen LogP contribution in [0.3, 0.4) is 0 Å². The maximum atomic E-state index is 12.7. The summed E-state index contributed by atoms with van der Waals surface area (Å²) in [4.78, 5) is 0. The number of hydrogen-bond acceptors (Lipinski definition) is 2. The second-order valence-corrected chi connectivity index (χ2v) is 4.52. The molecular formula is C8H6BrF6N3. The normalized spacial score (nSPS) is 20.5. The molecule has 1 aromatic heterocycles. The van der Waals surface area contributed by atoms with Gasteiger partial charge in [-0.25, -0.2) is 4.68 Å². The Labute approximate surface area is 105 Å². The molecule has 1 aliphatic heterocycles. The molecule has 0 amide bonds. The number of rotatable bonds is 0. The fourth-order valence-corrected chi connectivity index (χ4v) is 2.36. The molecule has 18 heavy (non-hydrogen) atoms. The lowest BCUT2D eigenvalue weighted by Crippen LogP contribution is -2.34. The third kappa shape index (κ3) is 2.17. The zero-order valence-electron chi connectivity index (χ0n) is 8.53. The fraction of sp³-hybridized carbons (Fsp3) is 0.625. The summed E-state index contributed by atoms with van der Waals surface area (Å²) in [5.74, 6) is -0.295. The van der Waals surface area contributed by atoms with Crippen LogP contribution in [0.15, 0.2) is 4.47 Å². The number of anilines is 1. The number of nitrogens with one attached hydrogen (secondary N) is 1. The van der Waals surface area contributed by atoms with Crippen molar-refractivity contribution in [2.45, 2.75) is 24.8 Å². The first-order valence-corrected chi connectivity index (χ1v) is 5.57. The minimum Gasteiger partial charge on any atom is -0.369 e. The van der Waals surface area contributed by atoms with Gasteiger partial charge < -0.3 is 5.32 Å². The smallest absolute Gasteiger partial charge is 0.369 e. The second-order valence-electron chi connectivity index (χ2n) is 3.73. The van der Waals surface area contributed by atoms with Crippen molar-refractivity contribution < 1.29 is 26.3 Å². The third-order valence-electron chi connectivity index (χ3n) is 2.50. The molecule has 1 aromatic rings. The van der Waals surface area contributed by atoms with Crippen molar-refractivity contribution >= 4 is 21.7 Å². The van der Waals surface area contributed by atoms with Crippen molar-refractivity contribution in [3.8, 4) is 0 Å². The molecule has 0 radical (unpaired) electrons. The third-order valence-corrected chi connectivity index (χ3v) is 3.26. The molecule has 1 N–H and O–H groups in total. The van der Waals surface area contributed by atoms with Crippen molar-refractivity contribution in [2.24, 2.45) is 0 Å². The molecular weight excluding hydrogens is 332 g/mol. The number of alkyl halides is 6. The predicted octanol–water partition coefficient (Wildman–Crippen LogP) is 3.58. The summed E-state index contributed by atoms with van der Waals surface area (Å²) in [6.45, 7) is -0.0637. The highest BCUT2D eigenvalue weighted by Crippen LogP contribution is 2.44. The van der Waals surface area contributed by atoms with Crippen molar-refractivity contribution in [1.82, 2.24) is 9.78 Å². The standard InChI is InChI=1S/C8H6BrF6N3/c9-4-5(8(13,14)15)17-18-3(7(10,11)12)1-2-16-6(4)18/h3,16H,1-2H2. The van der Waals surface area contributed by atoms with Gasteiger partial charge in [0.25, 0.3) is 0 Å². The summed E-state index contributed by atoms with van der Waals surface area (Å²) in [5, 5.41) is 5.51. The largest absolute Gasteiger partial charge is 0.436 e. The second kappa shape index (κ2) is 4.04. The molecule has 0 saturated heterocycles. The summed E-state index contributed by atoms with van der Waals surface area (Å²) in [6, 6.07) is -2.04. The average Bonchev–Trinajstić information content (AvgIpc) is 2.54. The van der Waals surface area contributed by atoms with E-state index in [1.54, 1.807) is 0 Å². The van der Waals surface area contributed by atoms with E-state index in [1.165, 1.54) is 0 Å². The van der Waals surface area contributed by atoms with Crippen molar-refractivity contribution in [1.29, 1.82) is 0 Å². The van der Waals surface area contributed by atoms with E-state index >= 15 is 0 Å². The van der Waals surface area contributed by atoms with E-state index in [-0.39, 0.29) is 18.8 Å². The van der Waals surface area contributed by atoms with E-state index in [0.29, 0.717) is 4.68 Å². The Balaban J connectivity index is 2.54. The summed E-state index contributed by atoms with van der Waals surface area (Å²) >= 11 is 2.63. The van der Waals surface area contributed by atoms with Crippen LogP contribution in [0.2, 0.25) is 0 Å². The minimum atomic E-state index is -4.80. The Hall–Kier alpha value is -0.930. The monoisotopic (exact) mass is 337 g/mol. The molecule has 0 bridgehead atoms. The first-order chi connectivity index (χ1) is 8.12. The number of halogens is 7. The van der Waals surface area contributed by atoms with Crippen LogP contribution < -0.4 is 5.32 Å². The highest BCUT2D eigenvalue weighted by atomic mass is 79.9. The summed E-state index contributed by atoms with van der Waals surface area (Å²) in [5.41, 5.74) is -1.36. The van der Waals surface area contributed by atoms with Gasteiger partial charge in [-0.05, 0) is 22.4 Å². The van der Waals surface area contributed by atoms with Crippen LogP contribution in [0.1, 0.15) is 18.2 Å². The maximum Gasteiger partial charge on any atom is 0.436 e. The molecule has 2 rings (SSSR count). The summed E-state index contributed by atoms with van der Waals surface area (Å²) in [7, 11) is 0. The van der Waals surface area contributed by atoms with Crippen LogP contribution in [0.4, 0.5) is 32.2 Å². The molecule has 0 spiro atoms. The maximum absolute atomic E-state index is 12.7. The van der Waals surface area contributed by atoms with Crippen LogP contribution in [-0.2, 0) is 6.18 Å². The van der Waals surface area contributed by atoms with Crippen LogP contribution >= 0.6 is 15.9 Å².